The van der Waals surface area contributed by atoms with E-state index in [0.717, 1.165) is 56.7 Å². The normalized spacial score (nSPS) is 23.3. The van der Waals surface area contributed by atoms with Gasteiger partial charge in [0.15, 0.2) is 5.65 Å². The predicted molar refractivity (Wildman–Crippen MR) is 98.0 cm³/mol. The Morgan fingerprint density at radius 3 is 2.77 bits per heavy atom. The number of imidazole rings is 1. The molecule has 1 aliphatic carbocycles. The lowest BCUT2D eigenvalue weighted by atomic mass is 9.80. The molecule has 1 spiro atoms. The van der Waals surface area contributed by atoms with E-state index < -0.39 is 0 Å². The van der Waals surface area contributed by atoms with Crippen LogP contribution in [0.2, 0.25) is 0 Å². The average Bonchev–Trinajstić information content (AvgIpc) is 3.41. The Kier molecular flexibility index (Phi) is 3.96. The summed E-state index contributed by atoms with van der Waals surface area (Å²) in [5.41, 5.74) is 2.69. The second-order valence-electron chi connectivity index (χ2n) is 8.25. The summed E-state index contributed by atoms with van der Waals surface area (Å²) in [7, 11) is 0. The molecule has 4 heterocycles. The van der Waals surface area contributed by atoms with Crippen LogP contribution < -0.4 is 0 Å². The van der Waals surface area contributed by atoms with Gasteiger partial charge >= 0.3 is 0 Å². The van der Waals surface area contributed by atoms with E-state index in [9.17, 15) is 4.79 Å². The molecule has 138 valence electrons. The van der Waals surface area contributed by atoms with Gasteiger partial charge in [-0.15, -0.1) is 0 Å². The summed E-state index contributed by atoms with van der Waals surface area (Å²) in [5.74, 6) is 0.0955. The first-order valence-electron chi connectivity index (χ1n) is 9.94. The van der Waals surface area contributed by atoms with E-state index in [-0.39, 0.29) is 11.3 Å². The zero-order valence-electron chi connectivity index (χ0n) is 15.2. The molecule has 0 radical (unpaired) electrons. The van der Waals surface area contributed by atoms with Crippen LogP contribution in [0.25, 0.3) is 11.2 Å². The van der Waals surface area contributed by atoms with Gasteiger partial charge in [-0.3, -0.25) is 4.79 Å². The number of fused-ring (bicyclic) bond motifs is 1. The molecular weight excluding hydrogens is 328 g/mol. The lowest BCUT2D eigenvalue weighted by molar-refractivity contribution is 0.0191. The minimum absolute atomic E-state index is 0.0955. The molecule has 3 aliphatic rings. The summed E-state index contributed by atoms with van der Waals surface area (Å²) in [4.78, 5) is 24.1. The zero-order valence-corrected chi connectivity index (χ0v) is 15.2. The van der Waals surface area contributed by atoms with Crippen LogP contribution >= 0.6 is 0 Å². The molecule has 2 aromatic heterocycles. The van der Waals surface area contributed by atoms with Crippen molar-refractivity contribution in [3.05, 3.63) is 24.2 Å². The number of likely N-dealkylation sites (tertiary alicyclic amines) is 1. The molecule has 2 saturated heterocycles. The monoisotopic (exact) mass is 354 g/mol. The van der Waals surface area contributed by atoms with Crippen LogP contribution in [0.3, 0.4) is 0 Å². The summed E-state index contributed by atoms with van der Waals surface area (Å²) in [5, 5.41) is 0. The first-order valence-corrected chi connectivity index (χ1v) is 9.94. The lowest BCUT2D eigenvalue weighted by Gasteiger charge is -2.33. The largest absolute Gasteiger partial charge is 0.381 e. The molecule has 6 heteroatoms. The number of carbonyl (C=O) groups is 1. The zero-order chi connectivity index (χ0) is 17.6. The van der Waals surface area contributed by atoms with Gasteiger partial charge in [0.2, 0.25) is 0 Å². The van der Waals surface area contributed by atoms with Gasteiger partial charge in [0, 0.05) is 38.5 Å². The van der Waals surface area contributed by atoms with Gasteiger partial charge < -0.3 is 14.2 Å². The number of hydrogen-bond donors (Lipinski definition) is 0. The van der Waals surface area contributed by atoms with Crippen LogP contribution in [-0.2, 0) is 4.74 Å². The summed E-state index contributed by atoms with van der Waals surface area (Å²) in [6, 6.07) is 2.44. The van der Waals surface area contributed by atoms with E-state index in [0.29, 0.717) is 11.6 Å². The Morgan fingerprint density at radius 2 is 1.96 bits per heavy atom. The maximum atomic E-state index is 13.0. The predicted octanol–water partition coefficient (Wildman–Crippen LogP) is 3.19. The third-order valence-corrected chi connectivity index (χ3v) is 6.66. The Hall–Kier alpha value is -1.95. The first kappa shape index (κ1) is 16.2. The molecule has 0 N–H and O–H groups in total. The number of nitrogens with zero attached hydrogens (tertiary/aromatic N) is 4. The fourth-order valence-electron chi connectivity index (χ4n) is 4.99. The van der Waals surface area contributed by atoms with Gasteiger partial charge in [-0.1, -0.05) is 12.8 Å². The average molecular weight is 354 g/mol. The van der Waals surface area contributed by atoms with Crippen molar-refractivity contribution in [2.75, 3.05) is 26.3 Å². The quantitative estimate of drug-likeness (QED) is 0.831. The molecule has 0 bridgehead atoms. The van der Waals surface area contributed by atoms with E-state index in [1.165, 1.54) is 25.7 Å². The fraction of sp³-hybridized carbons (Fsp3) is 0.650. The van der Waals surface area contributed by atoms with E-state index >= 15 is 0 Å². The standard InChI is InChI=1S/C20H26N4O2/c25-19(23-8-5-20(13-23)6-9-26-10-7-20)15-11-17-18(21-12-15)24(14-22-17)16-3-1-2-4-16/h11-12,14,16H,1-10,13H2. The summed E-state index contributed by atoms with van der Waals surface area (Å²) in [6.07, 6.45) is 11.8. The van der Waals surface area contributed by atoms with Crippen LogP contribution in [0, 0.1) is 5.41 Å². The van der Waals surface area contributed by atoms with Crippen molar-refractivity contribution < 1.29 is 9.53 Å². The van der Waals surface area contributed by atoms with Gasteiger partial charge in [-0.05, 0) is 43.6 Å². The Labute approximate surface area is 153 Å². The highest BCUT2D eigenvalue weighted by atomic mass is 16.5. The van der Waals surface area contributed by atoms with E-state index in [2.05, 4.69) is 14.5 Å². The maximum Gasteiger partial charge on any atom is 0.255 e. The highest BCUT2D eigenvalue weighted by Crippen LogP contribution is 2.40. The van der Waals surface area contributed by atoms with Crippen LogP contribution in [0.4, 0.5) is 0 Å². The maximum absolute atomic E-state index is 13.0. The SMILES string of the molecule is O=C(c1cnc2c(c1)ncn2C1CCCC1)N1CCC2(CCOCC2)C1. The van der Waals surface area contributed by atoms with Crippen molar-refractivity contribution in [2.24, 2.45) is 5.41 Å². The second kappa shape index (κ2) is 6.34. The van der Waals surface area contributed by atoms with Crippen LogP contribution in [0.15, 0.2) is 18.6 Å². The molecule has 1 saturated carbocycles. The second-order valence-corrected chi connectivity index (χ2v) is 8.25. The van der Waals surface area contributed by atoms with Gasteiger partial charge in [0.05, 0.1) is 11.9 Å². The van der Waals surface area contributed by atoms with Crippen LogP contribution in [-0.4, -0.2) is 51.6 Å². The van der Waals surface area contributed by atoms with Gasteiger partial charge in [0.1, 0.15) is 5.52 Å². The Morgan fingerprint density at radius 1 is 1.15 bits per heavy atom. The van der Waals surface area contributed by atoms with E-state index in [4.69, 9.17) is 4.74 Å². The van der Waals surface area contributed by atoms with Crippen molar-refractivity contribution >= 4 is 17.1 Å². The Balaban J connectivity index is 1.36. The number of pyridine rings is 1. The molecule has 6 nitrogen and oxygen atoms in total. The van der Waals surface area contributed by atoms with E-state index in [1.54, 1.807) is 6.20 Å². The molecule has 0 unspecified atom stereocenters. The number of carbonyl (C=O) groups excluding carboxylic acids is 1. The molecule has 3 fully saturated rings. The van der Waals surface area contributed by atoms with Crippen molar-refractivity contribution in [1.82, 2.24) is 19.4 Å². The number of amides is 1. The van der Waals surface area contributed by atoms with E-state index in [1.807, 2.05) is 17.3 Å². The van der Waals surface area contributed by atoms with Gasteiger partial charge in [-0.25, -0.2) is 9.97 Å². The molecule has 5 rings (SSSR count). The number of aromatic nitrogens is 3. The third kappa shape index (κ3) is 2.71. The lowest BCUT2D eigenvalue weighted by Crippen LogP contribution is -2.35. The molecule has 26 heavy (non-hydrogen) atoms. The molecule has 0 atom stereocenters. The van der Waals surface area contributed by atoms with Crippen LogP contribution in [0.5, 0.6) is 0 Å². The summed E-state index contributed by atoms with van der Waals surface area (Å²) >= 11 is 0. The van der Waals surface area contributed by atoms with Gasteiger partial charge in [0.25, 0.3) is 5.91 Å². The molecule has 2 aromatic rings. The summed E-state index contributed by atoms with van der Waals surface area (Å²) in [6.45, 7) is 3.35. The minimum atomic E-state index is 0.0955. The number of ether oxygens (including phenoxy) is 1. The molecule has 0 aromatic carbocycles. The fourth-order valence-corrected chi connectivity index (χ4v) is 4.99. The first-order chi connectivity index (χ1) is 12.7. The number of hydrogen-bond acceptors (Lipinski definition) is 4. The molecule has 1 amide bonds. The van der Waals surface area contributed by atoms with Crippen molar-refractivity contribution in [3.8, 4) is 0 Å². The van der Waals surface area contributed by atoms with Crippen molar-refractivity contribution in [1.29, 1.82) is 0 Å². The van der Waals surface area contributed by atoms with Crippen molar-refractivity contribution in [3.63, 3.8) is 0 Å². The summed E-state index contributed by atoms with van der Waals surface area (Å²) < 4.78 is 7.70. The van der Waals surface area contributed by atoms with Crippen molar-refractivity contribution in [2.45, 2.75) is 51.0 Å². The van der Waals surface area contributed by atoms with Gasteiger partial charge in [-0.2, -0.15) is 0 Å². The number of rotatable bonds is 2. The highest BCUT2D eigenvalue weighted by molar-refractivity contribution is 5.96. The molecular formula is C20H26N4O2. The molecule has 2 aliphatic heterocycles. The minimum Gasteiger partial charge on any atom is -0.381 e. The Bertz CT molecular complexity index is 818. The highest BCUT2D eigenvalue weighted by Gasteiger charge is 2.41. The topological polar surface area (TPSA) is 60.2 Å². The third-order valence-electron chi connectivity index (χ3n) is 6.66. The van der Waals surface area contributed by atoms with Crippen LogP contribution in [0.1, 0.15) is 61.3 Å². The smallest absolute Gasteiger partial charge is 0.255 e.